The third-order valence-corrected chi connectivity index (χ3v) is 8.70. The first kappa shape index (κ1) is 33.1. The highest BCUT2D eigenvalue weighted by Gasteiger charge is 2.45. The first-order valence-electron chi connectivity index (χ1n) is 16.4. The molecule has 2 aliphatic heterocycles. The SMILES string of the molecule is C[C@@H]1[C@@H](OCc2ccccc2)[C@H](OCc2ccccc2)[C@@H](OCc2ccccc2)CN1CC1CCCN(C(=O)OC(C)(C)C)C1. The number of carbonyl (C=O) groups is 1. The van der Waals surface area contributed by atoms with Gasteiger partial charge >= 0.3 is 6.09 Å². The van der Waals surface area contributed by atoms with Crippen LogP contribution in [0.4, 0.5) is 4.79 Å². The fourth-order valence-electron chi connectivity index (χ4n) is 6.37. The molecule has 0 saturated carbocycles. The first-order chi connectivity index (χ1) is 21.7. The monoisotopic (exact) mass is 614 g/mol. The molecule has 1 unspecified atom stereocenters. The number of ether oxygens (including phenoxy) is 4. The second-order valence-corrected chi connectivity index (χ2v) is 13.5. The van der Waals surface area contributed by atoms with E-state index >= 15 is 0 Å². The van der Waals surface area contributed by atoms with Gasteiger partial charge in [0.15, 0.2) is 0 Å². The lowest BCUT2D eigenvalue weighted by Crippen LogP contribution is -2.63. The van der Waals surface area contributed by atoms with Gasteiger partial charge in [-0.3, -0.25) is 4.90 Å². The van der Waals surface area contributed by atoms with Crippen LogP contribution in [0.2, 0.25) is 0 Å². The average molecular weight is 615 g/mol. The molecule has 0 bridgehead atoms. The van der Waals surface area contributed by atoms with E-state index in [0.29, 0.717) is 32.3 Å². The molecule has 5 atom stereocenters. The summed E-state index contributed by atoms with van der Waals surface area (Å²) in [5.41, 5.74) is 2.88. The normalized spacial score (nSPS) is 24.4. The summed E-state index contributed by atoms with van der Waals surface area (Å²) in [6.07, 6.45) is 1.15. The van der Waals surface area contributed by atoms with E-state index in [0.717, 1.165) is 49.2 Å². The summed E-state index contributed by atoms with van der Waals surface area (Å²) in [6.45, 7) is 12.5. The maximum absolute atomic E-state index is 12.9. The van der Waals surface area contributed by atoms with Gasteiger partial charge in [-0.1, -0.05) is 91.0 Å². The van der Waals surface area contributed by atoms with Gasteiger partial charge < -0.3 is 23.8 Å². The van der Waals surface area contributed by atoms with Gasteiger partial charge in [-0.05, 0) is 63.1 Å². The number of nitrogens with zero attached hydrogens (tertiary/aromatic N) is 2. The van der Waals surface area contributed by atoms with Crippen LogP contribution in [-0.2, 0) is 38.8 Å². The minimum Gasteiger partial charge on any atom is -0.444 e. The molecule has 3 aromatic carbocycles. The summed E-state index contributed by atoms with van der Waals surface area (Å²) in [5.74, 6) is 0.333. The van der Waals surface area contributed by atoms with E-state index in [2.05, 4.69) is 48.2 Å². The van der Waals surface area contributed by atoms with Crippen LogP contribution in [0.5, 0.6) is 0 Å². The second-order valence-electron chi connectivity index (χ2n) is 13.5. The molecule has 0 N–H and O–H groups in total. The zero-order valence-electron chi connectivity index (χ0n) is 27.3. The van der Waals surface area contributed by atoms with Crippen molar-refractivity contribution in [2.24, 2.45) is 5.92 Å². The maximum atomic E-state index is 12.9. The van der Waals surface area contributed by atoms with Crippen molar-refractivity contribution < 1.29 is 23.7 Å². The van der Waals surface area contributed by atoms with Gasteiger partial charge in [0.1, 0.15) is 17.8 Å². The number of rotatable bonds is 11. The van der Waals surface area contributed by atoms with Gasteiger partial charge in [0, 0.05) is 32.2 Å². The fourth-order valence-corrected chi connectivity index (χ4v) is 6.37. The van der Waals surface area contributed by atoms with Crippen molar-refractivity contribution in [2.75, 3.05) is 26.2 Å². The number of hydrogen-bond donors (Lipinski definition) is 0. The van der Waals surface area contributed by atoms with E-state index in [1.807, 2.05) is 80.3 Å². The Balaban J connectivity index is 1.35. The molecule has 0 radical (unpaired) electrons. The molecule has 0 aliphatic carbocycles. The molecule has 242 valence electrons. The van der Waals surface area contributed by atoms with Crippen LogP contribution >= 0.6 is 0 Å². The fraction of sp³-hybridized carbons (Fsp3) is 0.500. The molecule has 3 aromatic rings. The third kappa shape index (κ3) is 9.88. The molecule has 2 aliphatic rings. The second kappa shape index (κ2) is 15.9. The van der Waals surface area contributed by atoms with Gasteiger partial charge in [-0.2, -0.15) is 0 Å². The highest BCUT2D eigenvalue weighted by atomic mass is 16.6. The van der Waals surface area contributed by atoms with Gasteiger partial charge in [0.2, 0.25) is 0 Å². The molecular formula is C38H50N2O5. The summed E-state index contributed by atoms with van der Waals surface area (Å²) in [7, 11) is 0. The molecule has 2 fully saturated rings. The van der Waals surface area contributed by atoms with Crippen LogP contribution in [0.1, 0.15) is 57.2 Å². The van der Waals surface area contributed by atoms with E-state index in [-0.39, 0.29) is 30.4 Å². The van der Waals surface area contributed by atoms with Crippen LogP contribution in [0.3, 0.4) is 0 Å². The summed E-state index contributed by atoms with van der Waals surface area (Å²) < 4.78 is 25.9. The zero-order valence-corrected chi connectivity index (χ0v) is 27.3. The standard InChI is InChI=1S/C38H50N2O5/c1-29-35(43-27-31-17-10-6-11-18-31)36(44-28-32-19-12-7-13-20-32)34(42-26-30-15-8-5-9-16-30)25-40(29)24-33-21-14-22-39(23-33)37(41)45-38(2,3)4/h5-13,15-20,29,33-36H,14,21-28H2,1-4H3/t29-,33?,34+,35-,36-/m1/s1. The van der Waals surface area contributed by atoms with Crippen molar-refractivity contribution in [3.63, 3.8) is 0 Å². The average Bonchev–Trinajstić information content (AvgIpc) is 3.04. The van der Waals surface area contributed by atoms with Crippen molar-refractivity contribution in [3.05, 3.63) is 108 Å². The van der Waals surface area contributed by atoms with E-state index < -0.39 is 5.60 Å². The predicted molar refractivity (Wildman–Crippen MR) is 177 cm³/mol. The molecule has 1 amide bonds. The van der Waals surface area contributed by atoms with Gasteiger partial charge in [0.25, 0.3) is 0 Å². The van der Waals surface area contributed by atoms with E-state index in [4.69, 9.17) is 18.9 Å². The maximum Gasteiger partial charge on any atom is 0.410 e. The number of carbonyl (C=O) groups excluding carboxylic acids is 1. The van der Waals surface area contributed by atoms with Crippen LogP contribution in [-0.4, -0.2) is 72.0 Å². The highest BCUT2D eigenvalue weighted by Crippen LogP contribution is 2.30. The van der Waals surface area contributed by atoms with E-state index in [9.17, 15) is 4.79 Å². The van der Waals surface area contributed by atoms with Gasteiger partial charge in [-0.15, -0.1) is 0 Å². The number of benzene rings is 3. The van der Waals surface area contributed by atoms with Crippen molar-refractivity contribution >= 4 is 6.09 Å². The smallest absolute Gasteiger partial charge is 0.410 e. The summed E-state index contributed by atoms with van der Waals surface area (Å²) >= 11 is 0. The van der Waals surface area contributed by atoms with Crippen LogP contribution in [0.15, 0.2) is 91.0 Å². The quantitative estimate of drug-likeness (QED) is 0.230. The summed E-state index contributed by atoms with van der Waals surface area (Å²) in [4.78, 5) is 17.3. The molecule has 0 spiro atoms. The Hall–Kier alpha value is -3.23. The van der Waals surface area contributed by atoms with Crippen molar-refractivity contribution in [2.45, 2.75) is 90.3 Å². The minimum atomic E-state index is -0.507. The minimum absolute atomic E-state index is 0.0861. The molecule has 2 saturated heterocycles. The molecule has 7 heteroatoms. The zero-order chi connectivity index (χ0) is 31.6. The van der Waals surface area contributed by atoms with Crippen molar-refractivity contribution in [1.29, 1.82) is 0 Å². The topological polar surface area (TPSA) is 60.5 Å². The molecule has 2 heterocycles. The number of likely N-dealkylation sites (tertiary alicyclic amines) is 2. The van der Waals surface area contributed by atoms with Gasteiger partial charge in [-0.25, -0.2) is 4.79 Å². The van der Waals surface area contributed by atoms with E-state index in [1.165, 1.54) is 0 Å². The van der Waals surface area contributed by atoms with Crippen LogP contribution in [0, 0.1) is 5.92 Å². The number of amides is 1. The number of hydrogen-bond acceptors (Lipinski definition) is 6. The Kier molecular flexibility index (Phi) is 11.7. The molecule has 45 heavy (non-hydrogen) atoms. The first-order valence-corrected chi connectivity index (χ1v) is 16.4. The summed E-state index contributed by atoms with van der Waals surface area (Å²) in [6, 6.07) is 31.0. The van der Waals surface area contributed by atoms with Crippen LogP contribution < -0.4 is 0 Å². The number of piperidine rings is 2. The molecule has 0 aromatic heterocycles. The molecule has 5 rings (SSSR count). The largest absolute Gasteiger partial charge is 0.444 e. The Labute approximate surface area is 269 Å². The Bertz CT molecular complexity index is 1300. The predicted octanol–water partition coefficient (Wildman–Crippen LogP) is 7.09. The lowest BCUT2D eigenvalue weighted by atomic mass is 9.90. The van der Waals surface area contributed by atoms with E-state index in [1.54, 1.807) is 0 Å². The third-order valence-electron chi connectivity index (χ3n) is 8.70. The molecular weight excluding hydrogens is 564 g/mol. The Morgan fingerprint density at radius 1 is 0.733 bits per heavy atom. The van der Waals surface area contributed by atoms with Crippen LogP contribution in [0.25, 0.3) is 0 Å². The lowest BCUT2D eigenvalue weighted by molar-refractivity contribution is -0.202. The van der Waals surface area contributed by atoms with Gasteiger partial charge in [0.05, 0.1) is 25.9 Å². The lowest BCUT2D eigenvalue weighted by Gasteiger charge is -2.49. The molecule has 7 nitrogen and oxygen atoms in total. The highest BCUT2D eigenvalue weighted by molar-refractivity contribution is 5.68. The van der Waals surface area contributed by atoms with Crippen molar-refractivity contribution in [3.8, 4) is 0 Å². The Morgan fingerprint density at radius 3 is 1.78 bits per heavy atom. The van der Waals surface area contributed by atoms with Crippen molar-refractivity contribution in [1.82, 2.24) is 9.80 Å². The summed E-state index contributed by atoms with van der Waals surface area (Å²) in [5, 5.41) is 0. The Morgan fingerprint density at radius 2 is 1.24 bits per heavy atom.